The van der Waals surface area contributed by atoms with Crippen molar-refractivity contribution in [3.63, 3.8) is 0 Å². The quantitative estimate of drug-likeness (QED) is 0.684. The highest BCUT2D eigenvalue weighted by molar-refractivity contribution is 5.78. The van der Waals surface area contributed by atoms with Gasteiger partial charge in [0.05, 0.1) is 6.42 Å². The Morgan fingerprint density at radius 2 is 2.00 bits per heavy atom. The van der Waals surface area contributed by atoms with Crippen LogP contribution in [0.1, 0.15) is 5.56 Å². The van der Waals surface area contributed by atoms with E-state index in [1.54, 1.807) is 31.3 Å². The van der Waals surface area contributed by atoms with Crippen LogP contribution in [0.3, 0.4) is 0 Å². The molecule has 4 nitrogen and oxygen atoms in total. The molecule has 0 aliphatic carbocycles. The minimum absolute atomic E-state index is 0.0268. The number of likely N-dealkylation sites (N-methyl/N-ethyl adjacent to an activating group) is 1. The second kappa shape index (κ2) is 5.01. The fourth-order valence-electron chi connectivity index (χ4n) is 1.06. The highest BCUT2D eigenvalue weighted by Crippen LogP contribution is 2.08. The third-order valence-electron chi connectivity index (χ3n) is 1.82. The topological polar surface area (TPSA) is 58.2 Å². The Balaban J connectivity index is 2.63. The second-order valence-electron chi connectivity index (χ2n) is 2.81. The zero-order chi connectivity index (χ0) is 10.4. The number of carbonyl (C=O) groups is 2. The predicted molar refractivity (Wildman–Crippen MR) is 53.9 cm³/mol. The molecule has 0 saturated heterocycles. The number of hydrogen-bond acceptors (Lipinski definition) is 2. The van der Waals surface area contributed by atoms with Crippen LogP contribution in [0.25, 0.3) is 0 Å². The standard InChI is InChI=1S/C10H12N2O2/c1-11-10(14)6-8-2-4-9(5-3-8)12-7-13/h2-5,7H,6H2,1H3,(H,11,14)(H,12,13). The van der Waals surface area contributed by atoms with E-state index < -0.39 is 0 Å². The summed E-state index contributed by atoms with van der Waals surface area (Å²) >= 11 is 0. The van der Waals surface area contributed by atoms with E-state index in [-0.39, 0.29) is 5.91 Å². The first-order valence-corrected chi connectivity index (χ1v) is 4.26. The van der Waals surface area contributed by atoms with Crippen LogP contribution in [0.5, 0.6) is 0 Å². The van der Waals surface area contributed by atoms with Gasteiger partial charge >= 0.3 is 0 Å². The number of benzene rings is 1. The van der Waals surface area contributed by atoms with E-state index in [2.05, 4.69) is 10.6 Å². The molecule has 4 heteroatoms. The van der Waals surface area contributed by atoms with Crippen molar-refractivity contribution < 1.29 is 9.59 Å². The van der Waals surface area contributed by atoms with Gasteiger partial charge in [-0.05, 0) is 17.7 Å². The minimum atomic E-state index is -0.0268. The highest BCUT2D eigenvalue weighted by Gasteiger charge is 1.99. The fourth-order valence-corrected chi connectivity index (χ4v) is 1.06. The van der Waals surface area contributed by atoms with Gasteiger partial charge in [-0.3, -0.25) is 9.59 Å². The van der Waals surface area contributed by atoms with Gasteiger partial charge in [0.15, 0.2) is 0 Å². The Labute approximate surface area is 82.3 Å². The Morgan fingerprint density at radius 1 is 1.36 bits per heavy atom. The van der Waals surface area contributed by atoms with Crippen molar-refractivity contribution in [2.24, 2.45) is 0 Å². The predicted octanol–water partition coefficient (Wildman–Crippen LogP) is 0.543. The molecule has 0 aliphatic heterocycles. The largest absolute Gasteiger partial charge is 0.359 e. The van der Waals surface area contributed by atoms with Crippen LogP contribution in [-0.2, 0) is 16.0 Å². The molecule has 1 rings (SSSR count). The molecule has 0 saturated carbocycles. The van der Waals surface area contributed by atoms with Crippen molar-refractivity contribution in [3.8, 4) is 0 Å². The summed E-state index contributed by atoms with van der Waals surface area (Å²) in [7, 11) is 1.60. The SMILES string of the molecule is CNC(=O)Cc1ccc(NC=O)cc1. The van der Waals surface area contributed by atoms with Gasteiger partial charge in [-0.25, -0.2) is 0 Å². The first-order chi connectivity index (χ1) is 6.76. The van der Waals surface area contributed by atoms with Gasteiger partial charge in [0.1, 0.15) is 0 Å². The summed E-state index contributed by atoms with van der Waals surface area (Å²) in [6, 6.07) is 7.13. The van der Waals surface area contributed by atoms with E-state index in [1.807, 2.05) is 0 Å². The average molecular weight is 192 g/mol. The number of nitrogens with one attached hydrogen (secondary N) is 2. The lowest BCUT2D eigenvalue weighted by molar-refractivity contribution is -0.120. The smallest absolute Gasteiger partial charge is 0.224 e. The highest BCUT2D eigenvalue weighted by atomic mass is 16.1. The average Bonchev–Trinajstić information content (AvgIpc) is 2.21. The molecule has 2 amide bonds. The molecule has 0 unspecified atom stereocenters. The molecule has 74 valence electrons. The van der Waals surface area contributed by atoms with E-state index in [9.17, 15) is 9.59 Å². The number of carbonyl (C=O) groups excluding carboxylic acids is 2. The first kappa shape index (κ1) is 10.2. The van der Waals surface area contributed by atoms with Crippen molar-refractivity contribution >= 4 is 18.0 Å². The summed E-state index contributed by atoms with van der Waals surface area (Å²) in [6.07, 6.45) is 0.978. The lowest BCUT2D eigenvalue weighted by Gasteiger charge is -2.02. The molecule has 0 aliphatic rings. The molecule has 2 N–H and O–H groups in total. The van der Waals surface area contributed by atoms with Gasteiger partial charge in [-0.1, -0.05) is 12.1 Å². The summed E-state index contributed by atoms with van der Waals surface area (Å²) in [4.78, 5) is 21.1. The molecule has 0 fully saturated rings. The third-order valence-corrected chi connectivity index (χ3v) is 1.82. The monoisotopic (exact) mass is 192 g/mol. The van der Waals surface area contributed by atoms with Crippen molar-refractivity contribution in [1.29, 1.82) is 0 Å². The molecule has 0 atom stereocenters. The van der Waals surface area contributed by atoms with Crippen LogP contribution < -0.4 is 10.6 Å². The normalized spacial score (nSPS) is 9.21. The van der Waals surface area contributed by atoms with Crippen LogP contribution in [-0.4, -0.2) is 19.4 Å². The van der Waals surface area contributed by atoms with Gasteiger partial charge in [-0.2, -0.15) is 0 Å². The van der Waals surface area contributed by atoms with E-state index in [1.165, 1.54) is 0 Å². The molecule has 0 aromatic heterocycles. The number of amides is 2. The molecular formula is C10H12N2O2. The van der Waals surface area contributed by atoms with Crippen LogP contribution >= 0.6 is 0 Å². The number of rotatable bonds is 4. The molecular weight excluding hydrogens is 180 g/mol. The van der Waals surface area contributed by atoms with E-state index in [4.69, 9.17) is 0 Å². The minimum Gasteiger partial charge on any atom is -0.359 e. The van der Waals surface area contributed by atoms with Gasteiger partial charge in [-0.15, -0.1) is 0 Å². The van der Waals surface area contributed by atoms with Crippen molar-refractivity contribution in [3.05, 3.63) is 29.8 Å². The number of hydrogen-bond donors (Lipinski definition) is 2. The van der Waals surface area contributed by atoms with E-state index in [0.717, 1.165) is 11.3 Å². The summed E-state index contributed by atoms with van der Waals surface area (Å²) < 4.78 is 0. The Bertz CT molecular complexity index is 319. The lowest BCUT2D eigenvalue weighted by Crippen LogP contribution is -2.19. The molecule has 0 spiro atoms. The Kier molecular flexibility index (Phi) is 3.67. The molecule has 0 radical (unpaired) electrons. The van der Waals surface area contributed by atoms with Gasteiger partial charge in [0, 0.05) is 12.7 Å². The molecule has 1 aromatic rings. The van der Waals surface area contributed by atoms with Crippen molar-refractivity contribution in [2.75, 3.05) is 12.4 Å². The van der Waals surface area contributed by atoms with E-state index >= 15 is 0 Å². The maximum Gasteiger partial charge on any atom is 0.224 e. The summed E-state index contributed by atoms with van der Waals surface area (Å²) in [5, 5.41) is 5.06. The van der Waals surface area contributed by atoms with E-state index in [0.29, 0.717) is 12.8 Å². The number of anilines is 1. The first-order valence-electron chi connectivity index (χ1n) is 4.26. The van der Waals surface area contributed by atoms with Crippen LogP contribution in [0.2, 0.25) is 0 Å². The maximum absolute atomic E-state index is 11.0. The molecule has 0 bridgehead atoms. The van der Waals surface area contributed by atoms with Crippen LogP contribution in [0.15, 0.2) is 24.3 Å². The zero-order valence-electron chi connectivity index (χ0n) is 7.91. The third kappa shape index (κ3) is 2.90. The Morgan fingerprint density at radius 3 is 2.50 bits per heavy atom. The second-order valence-corrected chi connectivity index (χ2v) is 2.81. The Hall–Kier alpha value is -1.84. The zero-order valence-corrected chi connectivity index (χ0v) is 7.91. The molecule has 0 heterocycles. The molecule has 14 heavy (non-hydrogen) atoms. The van der Waals surface area contributed by atoms with Crippen LogP contribution in [0.4, 0.5) is 5.69 Å². The maximum atomic E-state index is 11.0. The van der Waals surface area contributed by atoms with Gasteiger partial charge in [0.2, 0.25) is 12.3 Å². The summed E-state index contributed by atoms with van der Waals surface area (Å²) in [5.74, 6) is -0.0268. The van der Waals surface area contributed by atoms with Gasteiger partial charge < -0.3 is 10.6 Å². The van der Waals surface area contributed by atoms with Crippen molar-refractivity contribution in [1.82, 2.24) is 5.32 Å². The van der Waals surface area contributed by atoms with Crippen molar-refractivity contribution in [2.45, 2.75) is 6.42 Å². The molecule has 1 aromatic carbocycles. The van der Waals surface area contributed by atoms with Gasteiger partial charge in [0.25, 0.3) is 0 Å². The lowest BCUT2D eigenvalue weighted by atomic mass is 10.1. The fraction of sp³-hybridized carbons (Fsp3) is 0.200. The summed E-state index contributed by atoms with van der Waals surface area (Å²) in [5.41, 5.74) is 1.64. The van der Waals surface area contributed by atoms with Crippen LogP contribution in [0, 0.1) is 0 Å². The summed E-state index contributed by atoms with van der Waals surface area (Å²) in [6.45, 7) is 0.